The van der Waals surface area contributed by atoms with Gasteiger partial charge >= 0.3 is 5.97 Å². The molecule has 2 unspecified atom stereocenters. The van der Waals surface area contributed by atoms with E-state index in [2.05, 4.69) is 27.7 Å². The molecule has 0 saturated carbocycles. The van der Waals surface area contributed by atoms with Gasteiger partial charge in [-0.3, -0.25) is 14.5 Å². The highest BCUT2D eigenvalue weighted by atomic mass is 35.5. The van der Waals surface area contributed by atoms with Crippen LogP contribution in [-0.4, -0.2) is 71.2 Å². The van der Waals surface area contributed by atoms with Gasteiger partial charge in [0.25, 0.3) is 0 Å². The molecule has 1 aliphatic carbocycles. The van der Waals surface area contributed by atoms with Gasteiger partial charge in [0, 0.05) is 36.9 Å². The van der Waals surface area contributed by atoms with E-state index in [9.17, 15) is 9.59 Å². The first-order valence-electron chi connectivity index (χ1n) is 9.57. The Hall–Kier alpha value is -1.13. The number of carbonyl (C=O) groups excluding carboxylic acids is 1. The molecule has 0 bridgehead atoms. The van der Waals surface area contributed by atoms with E-state index < -0.39 is 5.97 Å². The Labute approximate surface area is 184 Å². The molecule has 1 saturated heterocycles. The van der Waals surface area contributed by atoms with Gasteiger partial charge in [0.1, 0.15) is 4.71 Å². The molecule has 0 aromatic rings. The molecule has 10 heteroatoms. The van der Waals surface area contributed by atoms with Crippen LogP contribution in [0.3, 0.4) is 0 Å². The minimum absolute atomic E-state index is 0.0147. The van der Waals surface area contributed by atoms with E-state index in [0.717, 1.165) is 31.1 Å². The maximum Gasteiger partial charge on any atom is 0.309 e. The predicted molar refractivity (Wildman–Crippen MR) is 118 cm³/mol. The largest absolute Gasteiger partial charge is 0.481 e. The molecule has 160 valence electrons. The predicted octanol–water partition coefficient (Wildman–Crippen LogP) is 2.17. The molecular formula is C19H26ClN3O4S2. The Bertz CT molecular complexity index is 701. The van der Waals surface area contributed by atoms with E-state index in [4.69, 9.17) is 21.4 Å². The molecule has 0 aromatic heterocycles. The molecular weight excluding hydrogens is 434 g/mol. The highest BCUT2D eigenvalue weighted by Crippen LogP contribution is 2.30. The normalized spacial score (nSPS) is 27.1. The van der Waals surface area contributed by atoms with Crippen molar-refractivity contribution < 1.29 is 19.4 Å². The van der Waals surface area contributed by atoms with Gasteiger partial charge in [0.15, 0.2) is 0 Å². The average molecular weight is 460 g/mol. The summed E-state index contributed by atoms with van der Waals surface area (Å²) < 4.78 is 5.77. The molecule has 0 aromatic carbocycles. The maximum absolute atomic E-state index is 12.2. The highest BCUT2D eigenvalue weighted by molar-refractivity contribution is 8.18. The second-order valence-electron chi connectivity index (χ2n) is 7.14. The lowest BCUT2D eigenvalue weighted by molar-refractivity contribution is -0.136. The minimum Gasteiger partial charge on any atom is -0.481 e. The van der Waals surface area contributed by atoms with Gasteiger partial charge in [-0.05, 0) is 23.8 Å². The number of carboxylic acids is 1. The van der Waals surface area contributed by atoms with Crippen molar-refractivity contribution in [2.45, 2.75) is 23.7 Å². The lowest BCUT2D eigenvalue weighted by atomic mass is 10.00. The Morgan fingerprint density at radius 3 is 3.14 bits per heavy atom. The number of thioether (sulfide) groups is 2. The summed E-state index contributed by atoms with van der Waals surface area (Å²) in [5.74, 6) is -0.175. The fraction of sp³-hybridized carbons (Fsp3) is 0.579. The molecule has 2 heterocycles. The zero-order chi connectivity index (χ0) is 20.6. The van der Waals surface area contributed by atoms with Crippen LogP contribution in [0.5, 0.6) is 0 Å². The zero-order valence-electron chi connectivity index (χ0n) is 16.0. The number of halogens is 1. The number of hydrogen-bond acceptors (Lipinski definition) is 7. The van der Waals surface area contributed by atoms with Gasteiger partial charge in [0.05, 0.1) is 24.9 Å². The summed E-state index contributed by atoms with van der Waals surface area (Å²) in [5.41, 5.74) is 0.681. The summed E-state index contributed by atoms with van der Waals surface area (Å²) in [6.07, 6.45) is 7.13. The number of ether oxygens (including phenoxy) is 1. The van der Waals surface area contributed by atoms with Crippen molar-refractivity contribution in [2.75, 3.05) is 38.5 Å². The van der Waals surface area contributed by atoms with E-state index in [1.807, 2.05) is 6.08 Å². The molecule has 0 spiro atoms. The lowest BCUT2D eigenvalue weighted by Gasteiger charge is -2.34. The fourth-order valence-corrected chi connectivity index (χ4v) is 5.61. The van der Waals surface area contributed by atoms with E-state index in [1.54, 1.807) is 5.41 Å². The van der Waals surface area contributed by atoms with Gasteiger partial charge in [-0.2, -0.15) is 0 Å². The smallest absolute Gasteiger partial charge is 0.309 e. The van der Waals surface area contributed by atoms with Crippen molar-refractivity contribution in [3.05, 3.63) is 34.4 Å². The first-order chi connectivity index (χ1) is 14.0. The maximum atomic E-state index is 12.2. The second kappa shape index (κ2) is 11.3. The topological polar surface area (TPSA) is 90.9 Å². The van der Waals surface area contributed by atoms with E-state index in [0.29, 0.717) is 30.5 Å². The number of nitrogens with zero attached hydrogens (tertiary/aromatic N) is 1. The number of aliphatic carboxylic acids is 1. The Balaban J connectivity index is 1.31. The van der Waals surface area contributed by atoms with E-state index in [-0.39, 0.29) is 23.1 Å². The van der Waals surface area contributed by atoms with Crippen LogP contribution < -0.4 is 10.6 Å². The summed E-state index contributed by atoms with van der Waals surface area (Å²) in [6.45, 7) is 3.78. The van der Waals surface area contributed by atoms with Gasteiger partial charge < -0.3 is 20.5 Å². The number of hydrogen-bond donors (Lipinski definition) is 3. The molecule has 0 radical (unpaired) electrons. The molecule has 3 atom stereocenters. The van der Waals surface area contributed by atoms with Crippen molar-refractivity contribution in [1.82, 2.24) is 15.5 Å². The molecule has 29 heavy (non-hydrogen) atoms. The van der Waals surface area contributed by atoms with Gasteiger partial charge in [-0.1, -0.05) is 35.5 Å². The van der Waals surface area contributed by atoms with Crippen LogP contribution in [0.2, 0.25) is 0 Å². The summed E-state index contributed by atoms with van der Waals surface area (Å²) in [6, 6.07) is 0. The fourth-order valence-electron chi connectivity index (χ4n) is 3.36. The van der Waals surface area contributed by atoms with Gasteiger partial charge in [-0.15, -0.1) is 11.8 Å². The van der Waals surface area contributed by atoms with E-state index in [1.165, 1.54) is 23.5 Å². The molecule has 1 amide bonds. The third-order valence-corrected chi connectivity index (χ3v) is 7.33. The number of morpholine rings is 1. The number of nitrogens with one attached hydrogen (secondary N) is 2. The number of allylic oxidation sites excluding steroid dienone is 3. The van der Waals surface area contributed by atoms with Crippen molar-refractivity contribution in [1.29, 1.82) is 0 Å². The molecule has 3 N–H and O–H groups in total. The van der Waals surface area contributed by atoms with Crippen LogP contribution in [-0.2, 0) is 14.3 Å². The van der Waals surface area contributed by atoms with Gasteiger partial charge in [-0.25, -0.2) is 0 Å². The average Bonchev–Trinajstić information content (AvgIpc) is 3.12. The van der Waals surface area contributed by atoms with Crippen LogP contribution in [0, 0.1) is 5.92 Å². The summed E-state index contributed by atoms with van der Waals surface area (Å²) in [7, 11) is 0. The highest BCUT2D eigenvalue weighted by Gasteiger charge is 2.24. The molecule has 2 aliphatic heterocycles. The van der Waals surface area contributed by atoms with Crippen LogP contribution in [0.1, 0.15) is 12.8 Å². The third kappa shape index (κ3) is 7.90. The molecule has 3 rings (SSSR count). The zero-order valence-corrected chi connectivity index (χ0v) is 18.4. The van der Waals surface area contributed by atoms with Crippen molar-refractivity contribution in [3.8, 4) is 0 Å². The third-order valence-electron chi connectivity index (χ3n) is 4.70. The number of rotatable bonds is 9. The number of carbonyl (C=O) groups is 2. The lowest BCUT2D eigenvalue weighted by Crippen LogP contribution is -2.48. The molecule has 3 aliphatic rings. The minimum atomic E-state index is -0.867. The Kier molecular flexibility index (Phi) is 8.80. The standard InChI is InChI=1S/C19H26ClN3O4S2/c20-14-3-1-2-13(6-14)9-23-4-5-27-16(10-23)8-21-17(24)12-29-19-22-15(11-28-19)7-18(25)26/h1,3,6,11,13,16,19,22H,2,4-5,7-10,12H2,(H,21,24)(H,25,26)/t13?,16-,19?/m0/s1. The van der Waals surface area contributed by atoms with Crippen LogP contribution in [0.15, 0.2) is 34.4 Å². The monoisotopic (exact) mass is 459 g/mol. The van der Waals surface area contributed by atoms with Crippen molar-refractivity contribution in [3.63, 3.8) is 0 Å². The Morgan fingerprint density at radius 2 is 2.34 bits per heavy atom. The summed E-state index contributed by atoms with van der Waals surface area (Å²) in [5, 5.41) is 17.5. The quantitative estimate of drug-likeness (QED) is 0.483. The number of carboxylic acid groups (broad SMARTS) is 1. The van der Waals surface area contributed by atoms with Crippen LogP contribution >= 0.6 is 35.1 Å². The molecule has 7 nitrogen and oxygen atoms in total. The van der Waals surface area contributed by atoms with Gasteiger partial charge in [0.2, 0.25) is 5.91 Å². The first-order valence-corrected chi connectivity index (χ1v) is 11.9. The van der Waals surface area contributed by atoms with Crippen LogP contribution in [0.25, 0.3) is 0 Å². The SMILES string of the molecule is O=C(O)CC1=CSC(SCC(=O)NC[C@H]2CN(CC3C=C(Cl)C=CC3)CCO2)N1. The first kappa shape index (κ1) is 22.6. The number of amides is 1. The van der Waals surface area contributed by atoms with Crippen molar-refractivity contribution >= 4 is 47.0 Å². The van der Waals surface area contributed by atoms with Crippen molar-refractivity contribution in [2.24, 2.45) is 5.92 Å². The van der Waals surface area contributed by atoms with Crippen LogP contribution in [0.4, 0.5) is 0 Å². The van der Waals surface area contributed by atoms with E-state index >= 15 is 0 Å². The molecule has 1 fully saturated rings. The summed E-state index contributed by atoms with van der Waals surface area (Å²) >= 11 is 9.04. The second-order valence-corrected chi connectivity index (χ2v) is 9.95. The summed E-state index contributed by atoms with van der Waals surface area (Å²) in [4.78, 5) is 25.3. The Morgan fingerprint density at radius 1 is 1.48 bits per heavy atom.